The zero-order valence-electron chi connectivity index (χ0n) is 11.5. The van der Waals surface area contributed by atoms with Crippen LogP contribution in [0.4, 0.5) is 0 Å². The molecule has 0 radical (unpaired) electrons. The van der Waals surface area contributed by atoms with E-state index in [1.807, 2.05) is 18.2 Å². The number of nitrogens with zero attached hydrogens (tertiary/aromatic N) is 1. The standard InChI is InChI=1S/C16H20N2O/c1-11-7-8-17-10-15(11)19-16-12(2)9-13-5-3-4-6-14(13)18-16/h3-6,9,11,15,17H,7-8,10H2,1-2H3. The van der Waals surface area contributed by atoms with Gasteiger partial charge in [-0.1, -0.05) is 25.1 Å². The number of benzene rings is 1. The van der Waals surface area contributed by atoms with Crippen molar-refractivity contribution in [2.45, 2.75) is 26.4 Å². The molecule has 0 bridgehead atoms. The molecular weight excluding hydrogens is 236 g/mol. The van der Waals surface area contributed by atoms with Gasteiger partial charge in [0.05, 0.1) is 5.52 Å². The summed E-state index contributed by atoms with van der Waals surface area (Å²) in [4.78, 5) is 4.65. The number of nitrogens with one attached hydrogen (secondary N) is 1. The van der Waals surface area contributed by atoms with Gasteiger partial charge >= 0.3 is 0 Å². The Labute approximate surface area is 114 Å². The Morgan fingerprint density at radius 1 is 1.32 bits per heavy atom. The lowest BCUT2D eigenvalue weighted by atomic mass is 9.97. The predicted octanol–water partition coefficient (Wildman–Crippen LogP) is 2.92. The van der Waals surface area contributed by atoms with E-state index in [0.717, 1.165) is 36.5 Å². The van der Waals surface area contributed by atoms with Gasteiger partial charge in [-0.05, 0) is 37.9 Å². The van der Waals surface area contributed by atoms with Crippen molar-refractivity contribution in [1.82, 2.24) is 10.3 Å². The average molecular weight is 256 g/mol. The molecule has 1 aromatic heterocycles. The van der Waals surface area contributed by atoms with Crippen molar-refractivity contribution in [3.05, 3.63) is 35.9 Å². The minimum atomic E-state index is 0.223. The summed E-state index contributed by atoms with van der Waals surface area (Å²) in [6.07, 6.45) is 1.39. The third-order valence-corrected chi connectivity index (χ3v) is 3.89. The molecule has 3 nitrogen and oxygen atoms in total. The monoisotopic (exact) mass is 256 g/mol. The van der Waals surface area contributed by atoms with Gasteiger partial charge in [0.1, 0.15) is 6.10 Å². The van der Waals surface area contributed by atoms with E-state index in [2.05, 4.69) is 36.3 Å². The highest BCUT2D eigenvalue weighted by Crippen LogP contribution is 2.24. The third-order valence-electron chi connectivity index (χ3n) is 3.89. The van der Waals surface area contributed by atoms with Crippen LogP contribution in [-0.2, 0) is 0 Å². The van der Waals surface area contributed by atoms with E-state index >= 15 is 0 Å². The van der Waals surface area contributed by atoms with Crippen LogP contribution in [0.3, 0.4) is 0 Å². The Kier molecular flexibility index (Phi) is 3.38. The van der Waals surface area contributed by atoms with E-state index in [1.165, 1.54) is 5.39 Å². The molecule has 1 aliphatic heterocycles. The van der Waals surface area contributed by atoms with E-state index in [1.54, 1.807) is 0 Å². The summed E-state index contributed by atoms with van der Waals surface area (Å²) in [5, 5.41) is 4.56. The van der Waals surface area contributed by atoms with E-state index in [4.69, 9.17) is 4.74 Å². The van der Waals surface area contributed by atoms with E-state index < -0.39 is 0 Å². The molecule has 1 aliphatic rings. The molecule has 3 rings (SSSR count). The van der Waals surface area contributed by atoms with Crippen molar-refractivity contribution in [2.75, 3.05) is 13.1 Å². The van der Waals surface area contributed by atoms with Crippen LogP contribution in [-0.4, -0.2) is 24.2 Å². The molecule has 3 heteroatoms. The summed E-state index contributed by atoms with van der Waals surface area (Å²) in [5.41, 5.74) is 2.11. The Morgan fingerprint density at radius 3 is 3.00 bits per heavy atom. The molecule has 19 heavy (non-hydrogen) atoms. The molecule has 2 aromatic rings. The molecule has 1 fully saturated rings. The lowest BCUT2D eigenvalue weighted by molar-refractivity contribution is 0.109. The number of fused-ring (bicyclic) bond motifs is 1. The smallest absolute Gasteiger partial charge is 0.217 e. The molecule has 0 spiro atoms. The van der Waals surface area contributed by atoms with Crippen molar-refractivity contribution < 1.29 is 4.74 Å². The number of hydrogen-bond donors (Lipinski definition) is 1. The SMILES string of the molecule is Cc1cc2ccccc2nc1OC1CNCCC1C. The van der Waals surface area contributed by atoms with Crippen LogP contribution >= 0.6 is 0 Å². The maximum absolute atomic E-state index is 6.13. The molecule has 0 aliphatic carbocycles. The first-order valence-corrected chi connectivity index (χ1v) is 6.98. The lowest BCUT2D eigenvalue weighted by Crippen LogP contribution is -2.43. The Hall–Kier alpha value is -1.61. The zero-order chi connectivity index (χ0) is 13.2. The Balaban J connectivity index is 1.89. The summed E-state index contributed by atoms with van der Waals surface area (Å²) >= 11 is 0. The van der Waals surface area contributed by atoms with Crippen LogP contribution in [0.2, 0.25) is 0 Å². The van der Waals surface area contributed by atoms with Gasteiger partial charge in [-0.3, -0.25) is 0 Å². The normalized spacial score (nSPS) is 23.5. The first-order chi connectivity index (χ1) is 9.24. The Morgan fingerprint density at radius 2 is 2.16 bits per heavy atom. The number of para-hydroxylation sites is 1. The van der Waals surface area contributed by atoms with Gasteiger partial charge in [0, 0.05) is 17.5 Å². The van der Waals surface area contributed by atoms with Gasteiger partial charge in [0.2, 0.25) is 5.88 Å². The zero-order valence-corrected chi connectivity index (χ0v) is 11.5. The molecule has 2 unspecified atom stereocenters. The number of pyridine rings is 1. The van der Waals surface area contributed by atoms with Gasteiger partial charge in [0.25, 0.3) is 0 Å². The van der Waals surface area contributed by atoms with Crippen LogP contribution in [0.1, 0.15) is 18.9 Å². The minimum Gasteiger partial charge on any atom is -0.473 e. The fraction of sp³-hybridized carbons (Fsp3) is 0.438. The number of rotatable bonds is 2. The second-order valence-electron chi connectivity index (χ2n) is 5.43. The molecule has 1 saturated heterocycles. The quantitative estimate of drug-likeness (QED) is 0.897. The molecule has 2 heterocycles. The van der Waals surface area contributed by atoms with Crippen molar-refractivity contribution in [2.24, 2.45) is 5.92 Å². The van der Waals surface area contributed by atoms with Crippen molar-refractivity contribution >= 4 is 10.9 Å². The number of hydrogen-bond acceptors (Lipinski definition) is 3. The van der Waals surface area contributed by atoms with Gasteiger partial charge in [-0.2, -0.15) is 0 Å². The van der Waals surface area contributed by atoms with Gasteiger partial charge < -0.3 is 10.1 Å². The molecule has 0 saturated carbocycles. The molecule has 1 aromatic carbocycles. The number of ether oxygens (including phenoxy) is 1. The minimum absolute atomic E-state index is 0.223. The van der Waals surface area contributed by atoms with E-state index in [9.17, 15) is 0 Å². The third kappa shape index (κ3) is 2.56. The van der Waals surface area contributed by atoms with Crippen LogP contribution < -0.4 is 10.1 Å². The fourth-order valence-electron chi connectivity index (χ4n) is 2.59. The van der Waals surface area contributed by atoms with Crippen LogP contribution in [0.25, 0.3) is 10.9 Å². The highest BCUT2D eigenvalue weighted by atomic mass is 16.5. The second kappa shape index (κ2) is 5.17. The van der Waals surface area contributed by atoms with Crippen molar-refractivity contribution in [3.63, 3.8) is 0 Å². The molecule has 0 amide bonds. The van der Waals surface area contributed by atoms with Gasteiger partial charge in [-0.25, -0.2) is 4.98 Å². The van der Waals surface area contributed by atoms with Crippen LogP contribution in [0.15, 0.2) is 30.3 Å². The topological polar surface area (TPSA) is 34.1 Å². The molecule has 2 atom stereocenters. The summed E-state index contributed by atoms with van der Waals surface area (Å²) in [6, 6.07) is 10.3. The van der Waals surface area contributed by atoms with Crippen LogP contribution in [0.5, 0.6) is 5.88 Å². The predicted molar refractivity (Wildman–Crippen MR) is 77.5 cm³/mol. The summed E-state index contributed by atoms with van der Waals surface area (Å²) in [5.74, 6) is 1.35. The van der Waals surface area contributed by atoms with E-state index in [0.29, 0.717) is 5.92 Å². The number of aromatic nitrogens is 1. The van der Waals surface area contributed by atoms with Crippen LogP contribution in [0, 0.1) is 12.8 Å². The Bertz CT molecular complexity index is 582. The summed E-state index contributed by atoms with van der Waals surface area (Å²) in [6.45, 7) is 6.32. The maximum atomic E-state index is 6.13. The molecular formula is C16H20N2O. The molecule has 1 N–H and O–H groups in total. The van der Waals surface area contributed by atoms with Crippen molar-refractivity contribution in [1.29, 1.82) is 0 Å². The van der Waals surface area contributed by atoms with Crippen molar-refractivity contribution in [3.8, 4) is 5.88 Å². The summed E-state index contributed by atoms with van der Waals surface area (Å²) in [7, 11) is 0. The first-order valence-electron chi connectivity index (χ1n) is 6.98. The highest BCUT2D eigenvalue weighted by molar-refractivity contribution is 5.79. The highest BCUT2D eigenvalue weighted by Gasteiger charge is 2.23. The largest absolute Gasteiger partial charge is 0.473 e. The number of aryl methyl sites for hydroxylation is 1. The van der Waals surface area contributed by atoms with E-state index in [-0.39, 0.29) is 6.10 Å². The average Bonchev–Trinajstić information content (AvgIpc) is 2.42. The fourth-order valence-corrected chi connectivity index (χ4v) is 2.59. The first kappa shape index (κ1) is 12.4. The lowest BCUT2D eigenvalue weighted by Gasteiger charge is -2.30. The summed E-state index contributed by atoms with van der Waals surface area (Å²) < 4.78 is 6.13. The second-order valence-corrected chi connectivity index (χ2v) is 5.43. The van der Waals surface area contributed by atoms with Gasteiger partial charge in [-0.15, -0.1) is 0 Å². The maximum Gasteiger partial charge on any atom is 0.217 e. The van der Waals surface area contributed by atoms with Gasteiger partial charge in [0.15, 0.2) is 0 Å². The number of piperidine rings is 1. The molecule has 100 valence electrons.